The van der Waals surface area contributed by atoms with E-state index in [9.17, 15) is 13.2 Å². The SMILES string of the molecule is COc1ccc(NC(C#Cc2ccc(C)cc2)C(F)(F)F)cc1. The van der Waals surface area contributed by atoms with Gasteiger partial charge < -0.3 is 10.1 Å². The maximum Gasteiger partial charge on any atom is 0.420 e. The van der Waals surface area contributed by atoms with Gasteiger partial charge in [0.25, 0.3) is 0 Å². The number of ether oxygens (including phenoxy) is 1. The van der Waals surface area contributed by atoms with Gasteiger partial charge in [-0.05, 0) is 43.3 Å². The Hall–Kier alpha value is -2.61. The summed E-state index contributed by atoms with van der Waals surface area (Å²) in [4.78, 5) is 0. The van der Waals surface area contributed by atoms with Crippen LogP contribution in [0.4, 0.5) is 18.9 Å². The highest BCUT2D eigenvalue weighted by molar-refractivity contribution is 5.49. The molecule has 0 amide bonds. The molecule has 0 aliphatic rings. The molecule has 0 saturated carbocycles. The second kappa shape index (κ2) is 7.10. The number of rotatable bonds is 3. The molecule has 0 aliphatic heterocycles. The minimum absolute atomic E-state index is 0.325. The van der Waals surface area contributed by atoms with E-state index in [2.05, 4.69) is 17.2 Å². The van der Waals surface area contributed by atoms with E-state index in [0.29, 0.717) is 17.0 Å². The van der Waals surface area contributed by atoms with Crippen LogP contribution in [0.15, 0.2) is 48.5 Å². The van der Waals surface area contributed by atoms with Crippen LogP contribution in [0.5, 0.6) is 5.75 Å². The predicted octanol–water partition coefficient (Wildman–Crippen LogP) is 4.40. The maximum absolute atomic E-state index is 13.1. The van der Waals surface area contributed by atoms with Gasteiger partial charge in [-0.2, -0.15) is 13.2 Å². The van der Waals surface area contributed by atoms with Crippen LogP contribution >= 0.6 is 0 Å². The summed E-state index contributed by atoms with van der Waals surface area (Å²) in [5.74, 6) is 5.39. The first-order valence-electron chi connectivity index (χ1n) is 6.94. The topological polar surface area (TPSA) is 21.3 Å². The third-order valence-electron chi connectivity index (χ3n) is 3.14. The third-order valence-corrected chi connectivity index (χ3v) is 3.14. The molecule has 2 aromatic rings. The van der Waals surface area contributed by atoms with E-state index in [1.807, 2.05) is 19.1 Å². The summed E-state index contributed by atoms with van der Waals surface area (Å²) in [6.07, 6.45) is -4.47. The highest BCUT2D eigenvalue weighted by Gasteiger charge is 2.38. The number of halogens is 3. The van der Waals surface area contributed by atoms with Crippen molar-refractivity contribution in [1.29, 1.82) is 0 Å². The zero-order valence-corrected chi connectivity index (χ0v) is 12.7. The van der Waals surface area contributed by atoms with Crippen molar-refractivity contribution in [2.45, 2.75) is 19.1 Å². The number of anilines is 1. The number of methoxy groups -OCH3 is 1. The van der Waals surface area contributed by atoms with E-state index in [1.54, 1.807) is 24.3 Å². The fraction of sp³-hybridized carbons (Fsp3) is 0.222. The first-order valence-corrected chi connectivity index (χ1v) is 6.94. The average Bonchev–Trinajstić information content (AvgIpc) is 2.52. The number of nitrogens with one attached hydrogen (secondary N) is 1. The van der Waals surface area contributed by atoms with Gasteiger partial charge in [-0.25, -0.2) is 0 Å². The second-order valence-corrected chi connectivity index (χ2v) is 4.98. The molecule has 0 aliphatic carbocycles. The summed E-state index contributed by atoms with van der Waals surface area (Å²) < 4.78 is 44.4. The highest BCUT2D eigenvalue weighted by Crippen LogP contribution is 2.24. The van der Waals surface area contributed by atoms with Gasteiger partial charge in [0.1, 0.15) is 5.75 Å². The summed E-state index contributed by atoms with van der Waals surface area (Å²) in [5.41, 5.74) is 1.90. The molecule has 0 radical (unpaired) electrons. The second-order valence-electron chi connectivity index (χ2n) is 4.98. The van der Waals surface area contributed by atoms with E-state index in [1.165, 1.54) is 19.2 Å². The van der Waals surface area contributed by atoms with Crippen LogP contribution in [0.25, 0.3) is 0 Å². The van der Waals surface area contributed by atoms with E-state index < -0.39 is 12.2 Å². The molecule has 1 N–H and O–H groups in total. The number of hydrogen-bond donors (Lipinski definition) is 1. The monoisotopic (exact) mass is 319 g/mol. The molecule has 5 heteroatoms. The van der Waals surface area contributed by atoms with Crippen LogP contribution in [0.3, 0.4) is 0 Å². The molecule has 0 saturated heterocycles. The largest absolute Gasteiger partial charge is 0.497 e. The Balaban J connectivity index is 2.19. The van der Waals surface area contributed by atoms with Crippen molar-refractivity contribution in [1.82, 2.24) is 0 Å². The quantitative estimate of drug-likeness (QED) is 0.847. The van der Waals surface area contributed by atoms with Gasteiger partial charge in [-0.1, -0.05) is 29.5 Å². The molecule has 2 aromatic carbocycles. The molecule has 0 aromatic heterocycles. The fourth-order valence-electron chi connectivity index (χ4n) is 1.85. The van der Waals surface area contributed by atoms with Crippen LogP contribution in [-0.4, -0.2) is 19.3 Å². The first kappa shape index (κ1) is 16.8. The molecule has 1 atom stereocenters. The molecule has 120 valence electrons. The zero-order chi connectivity index (χ0) is 16.9. The van der Waals surface area contributed by atoms with Crippen LogP contribution in [0.2, 0.25) is 0 Å². The average molecular weight is 319 g/mol. The van der Waals surface area contributed by atoms with Crippen LogP contribution in [0.1, 0.15) is 11.1 Å². The van der Waals surface area contributed by atoms with Crippen molar-refractivity contribution in [2.75, 3.05) is 12.4 Å². The van der Waals surface area contributed by atoms with Gasteiger partial charge in [0.05, 0.1) is 7.11 Å². The standard InChI is InChI=1S/C18H16F3NO/c1-13-3-5-14(6-4-13)7-12-17(18(19,20)21)22-15-8-10-16(23-2)11-9-15/h3-6,8-11,17,22H,1-2H3. The number of aryl methyl sites for hydroxylation is 1. The summed E-state index contributed by atoms with van der Waals surface area (Å²) in [6.45, 7) is 1.90. The predicted molar refractivity (Wildman–Crippen MR) is 84.5 cm³/mol. The minimum atomic E-state index is -4.47. The smallest absolute Gasteiger partial charge is 0.420 e. The Morgan fingerprint density at radius 1 is 1.00 bits per heavy atom. The van der Waals surface area contributed by atoms with Crippen molar-refractivity contribution in [3.05, 3.63) is 59.7 Å². The van der Waals surface area contributed by atoms with E-state index in [-0.39, 0.29) is 0 Å². The first-order chi connectivity index (χ1) is 10.9. The van der Waals surface area contributed by atoms with Crippen molar-refractivity contribution in [3.63, 3.8) is 0 Å². The van der Waals surface area contributed by atoms with Crippen molar-refractivity contribution < 1.29 is 17.9 Å². The summed E-state index contributed by atoms with van der Waals surface area (Å²) >= 11 is 0. The lowest BCUT2D eigenvalue weighted by molar-refractivity contribution is -0.130. The van der Waals surface area contributed by atoms with Gasteiger partial charge in [-0.15, -0.1) is 0 Å². The molecule has 2 nitrogen and oxygen atoms in total. The third kappa shape index (κ3) is 4.96. The fourth-order valence-corrected chi connectivity index (χ4v) is 1.85. The Labute approximate surface area is 133 Å². The van der Waals surface area contributed by atoms with Gasteiger partial charge >= 0.3 is 6.18 Å². The Kier molecular flexibility index (Phi) is 5.17. The lowest BCUT2D eigenvalue weighted by atomic mass is 10.1. The Morgan fingerprint density at radius 2 is 1.61 bits per heavy atom. The summed E-state index contributed by atoms with van der Waals surface area (Å²) in [7, 11) is 1.49. The van der Waals surface area contributed by atoms with Gasteiger partial charge in [-0.3, -0.25) is 0 Å². The number of alkyl halides is 3. The normalized spacial score (nSPS) is 12.0. The van der Waals surface area contributed by atoms with Gasteiger partial charge in [0.2, 0.25) is 0 Å². The van der Waals surface area contributed by atoms with Crippen molar-refractivity contribution >= 4 is 5.69 Å². The number of benzene rings is 2. The van der Waals surface area contributed by atoms with Crippen LogP contribution in [0, 0.1) is 18.8 Å². The van der Waals surface area contributed by atoms with Crippen LogP contribution < -0.4 is 10.1 Å². The van der Waals surface area contributed by atoms with E-state index in [4.69, 9.17) is 4.74 Å². The summed E-state index contributed by atoms with van der Waals surface area (Å²) in [5, 5.41) is 2.40. The Bertz CT molecular complexity index is 694. The Morgan fingerprint density at radius 3 is 2.13 bits per heavy atom. The minimum Gasteiger partial charge on any atom is -0.497 e. The zero-order valence-electron chi connectivity index (χ0n) is 12.7. The molecule has 0 bridgehead atoms. The lowest BCUT2D eigenvalue weighted by Crippen LogP contribution is -2.34. The highest BCUT2D eigenvalue weighted by atomic mass is 19.4. The van der Waals surface area contributed by atoms with Gasteiger partial charge in [0.15, 0.2) is 6.04 Å². The molecule has 0 spiro atoms. The summed E-state index contributed by atoms with van der Waals surface area (Å²) in [6, 6.07) is 11.3. The number of hydrogen-bond acceptors (Lipinski definition) is 2. The molecule has 2 rings (SSSR count). The van der Waals surface area contributed by atoms with Crippen LogP contribution in [-0.2, 0) is 0 Å². The molecule has 0 heterocycles. The lowest BCUT2D eigenvalue weighted by Gasteiger charge is -2.17. The maximum atomic E-state index is 13.1. The molecule has 0 fully saturated rings. The van der Waals surface area contributed by atoms with Crippen molar-refractivity contribution in [3.8, 4) is 17.6 Å². The molecular formula is C18H16F3NO. The van der Waals surface area contributed by atoms with E-state index >= 15 is 0 Å². The molecule has 1 unspecified atom stereocenters. The molecule has 23 heavy (non-hydrogen) atoms. The molecular weight excluding hydrogens is 303 g/mol. The van der Waals surface area contributed by atoms with Gasteiger partial charge in [0, 0.05) is 11.3 Å². The van der Waals surface area contributed by atoms with E-state index in [0.717, 1.165) is 5.56 Å². The van der Waals surface area contributed by atoms with Crippen molar-refractivity contribution in [2.24, 2.45) is 0 Å².